The first-order valence-corrected chi connectivity index (χ1v) is 27.5. The van der Waals surface area contributed by atoms with E-state index in [1.165, 1.54) is 19.9 Å². The van der Waals surface area contributed by atoms with Crippen molar-refractivity contribution in [3.8, 4) is 72.9 Å². The summed E-state index contributed by atoms with van der Waals surface area (Å²) in [5, 5.41) is 26.7. The van der Waals surface area contributed by atoms with Gasteiger partial charge in [-0.3, -0.25) is 33.8 Å². The predicted octanol–water partition coefficient (Wildman–Crippen LogP) is 11.8. The van der Waals surface area contributed by atoms with Crippen molar-refractivity contribution >= 4 is 28.5 Å². The summed E-state index contributed by atoms with van der Waals surface area (Å²) in [6.07, 6.45) is 34.5. The molecule has 0 bridgehead atoms. The molecule has 0 atom stereocenters. The van der Waals surface area contributed by atoms with Crippen LogP contribution in [0.15, 0.2) is 243 Å². The summed E-state index contributed by atoms with van der Waals surface area (Å²) < 4.78 is 12.7. The number of aryl methyl sites for hydroxylation is 2. The SMILES string of the molecule is CC(=O)C=C(C)O.Cn1ccc(-n2[c-]cnc2-c2ccccc2)n1.Cn1ccc(-n2[c-]ncc2-c2ccccc2)n1.[Pt+2].[Pt].[Pt].[Pt].[c-]1ccccc1-n1cccn1.[c-]1cnc(-c2ccccc2)n1-c1nccs1.[c-]1ncc(-c2cccnc2)n1-c1nccs1. The summed E-state index contributed by atoms with van der Waals surface area (Å²) in [7, 11) is 3.78. The average Bonchev–Trinajstić information content (AvgIpc) is 2.84. The van der Waals surface area contributed by atoms with E-state index in [1.807, 2.05) is 207 Å². The zero-order valence-electron chi connectivity index (χ0n) is 47.1. The fourth-order valence-electron chi connectivity index (χ4n) is 7.73. The second-order valence-electron chi connectivity index (χ2n) is 17.5. The Morgan fingerprint density at radius 2 is 1.03 bits per heavy atom. The summed E-state index contributed by atoms with van der Waals surface area (Å²) in [5.41, 5.74) is 7.14. The molecule has 4 aromatic carbocycles. The Morgan fingerprint density at radius 3 is 1.50 bits per heavy atom. The molecule has 0 fully saturated rings. The molecule has 0 aliphatic heterocycles. The van der Waals surface area contributed by atoms with Gasteiger partial charge in [0.05, 0.1) is 16.7 Å². The topological polar surface area (TPSA) is 201 Å². The Kier molecular flexibility index (Phi) is 29.5. The average molecular weight is 1920 g/mol. The molecule has 14 rings (SSSR count). The second-order valence-corrected chi connectivity index (χ2v) is 19.3. The maximum absolute atomic E-state index is 10.0. The third-order valence-electron chi connectivity index (χ3n) is 11.4. The van der Waals surface area contributed by atoms with Gasteiger partial charge in [0.25, 0.3) is 0 Å². The zero-order chi connectivity index (χ0) is 58.3. The number of rotatable bonds is 10. The van der Waals surface area contributed by atoms with E-state index in [0.717, 1.165) is 72.9 Å². The molecule has 14 aromatic rings. The number of benzene rings is 4. The number of carbonyl (C=O) groups is 1. The molecule has 0 unspecified atom stereocenters. The van der Waals surface area contributed by atoms with E-state index < -0.39 is 0 Å². The summed E-state index contributed by atoms with van der Waals surface area (Å²) in [6.45, 7) is 2.85. The Labute approximate surface area is 574 Å². The molecule has 0 aliphatic rings. The Balaban J connectivity index is 0.000000194. The number of thiazole rings is 2. The molecule has 1 N–H and O–H groups in total. The molecule has 0 spiro atoms. The van der Waals surface area contributed by atoms with Gasteiger partial charge >= 0.3 is 21.1 Å². The first-order valence-electron chi connectivity index (χ1n) is 25.7. The van der Waals surface area contributed by atoms with E-state index in [1.54, 1.807) is 92.5 Å². The number of hydrogen-bond donors (Lipinski definition) is 1. The summed E-state index contributed by atoms with van der Waals surface area (Å²) >= 11 is 3.12. The molecule has 0 saturated heterocycles. The molecular formula is C63H52N17O2Pt4S2-3. The number of carbonyl (C=O) groups excluding carboxylic acids is 1. The van der Waals surface area contributed by atoms with Crippen molar-refractivity contribution in [3.63, 3.8) is 0 Å². The predicted molar refractivity (Wildman–Crippen MR) is 323 cm³/mol. The van der Waals surface area contributed by atoms with Crippen LogP contribution in [0.5, 0.6) is 0 Å². The van der Waals surface area contributed by atoms with E-state index >= 15 is 0 Å². The van der Waals surface area contributed by atoms with Crippen LogP contribution in [0, 0.1) is 31.1 Å². The van der Waals surface area contributed by atoms with E-state index in [-0.39, 0.29) is 95.8 Å². The molecular weight excluding hydrogens is 1870 g/mol. The number of aromatic nitrogens is 17. The maximum atomic E-state index is 10.0. The van der Waals surface area contributed by atoms with Gasteiger partial charge in [0.2, 0.25) is 0 Å². The molecule has 0 saturated carbocycles. The van der Waals surface area contributed by atoms with Crippen molar-refractivity contribution in [2.75, 3.05) is 0 Å². The molecule has 88 heavy (non-hydrogen) atoms. The largest absolute Gasteiger partial charge is 2.00 e. The summed E-state index contributed by atoms with van der Waals surface area (Å²) in [6, 6.07) is 50.6. The first-order chi connectivity index (χ1) is 41.2. The fraction of sp³-hybridized carbons (Fsp3) is 0.0635. The van der Waals surface area contributed by atoms with E-state index in [9.17, 15) is 4.79 Å². The molecule has 19 nitrogen and oxygen atoms in total. The Morgan fingerprint density at radius 1 is 0.523 bits per heavy atom. The van der Waals surface area contributed by atoms with Crippen molar-refractivity contribution in [2.45, 2.75) is 13.8 Å². The van der Waals surface area contributed by atoms with Crippen LogP contribution in [0.4, 0.5) is 0 Å². The van der Waals surface area contributed by atoms with E-state index in [2.05, 4.69) is 81.3 Å². The van der Waals surface area contributed by atoms with Crippen LogP contribution in [0.3, 0.4) is 0 Å². The van der Waals surface area contributed by atoms with Gasteiger partial charge in [0.1, 0.15) is 5.13 Å². The van der Waals surface area contributed by atoms with E-state index in [4.69, 9.17) is 5.11 Å². The van der Waals surface area contributed by atoms with Crippen LogP contribution in [0.2, 0.25) is 0 Å². The summed E-state index contributed by atoms with van der Waals surface area (Å²) in [5.74, 6) is 3.31. The van der Waals surface area contributed by atoms with Crippen LogP contribution in [0.25, 0.3) is 72.9 Å². The number of hydrogen-bond acceptors (Lipinski definition) is 14. The van der Waals surface area contributed by atoms with Crippen LogP contribution < -0.4 is 0 Å². The monoisotopic (exact) mass is 1920 g/mol. The number of imidazole rings is 4. The van der Waals surface area contributed by atoms with Gasteiger partial charge in [-0.15, -0.1) is 6.07 Å². The zero-order valence-corrected chi connectivity index (χ0v) is 57.8. The van der Waals surface area contributed by atoms with Gasteiger partial charge < -0.3 is 43.3 Å². The minimum absolute atomic E-state index is 0. The molecule has 0 aliphatic carbocycles. The normalized spacial score (nSPS) is 10.1. The molecule has 10 aromatic heterocycles. The number of pyridine rings is 1. The fourth-order valence-corrected chi connectivity index (χ4v) is 8.95. The smallest absolute Gasteiger partial charge is 0.512 e. The van der Waals surface area contributed by atoms with Crippen molar-refractivity contribution in [3.05, 3.63) is 274 Å². The Hall–Kier alpha value is -8.28. The molecule has 0 radical (unpaired) electrons. The quantitative estimate of drug-likeness (QED) is 0.0773. The minimum atomic E-state index is -0.125. The second kappa shape index (κ2) is 36.8. The van der Waals surface area contributed by atoms with Crippen LogP contribution >= 0.6 is 22.7 Å². The standard InChI is InChI=1S/2C13H11N4.C12H8N3S.C11H7N4S.C9H7N2.C5H8O2.4Pt/c1-16-9-7-12(15-16)17-10-8-14-13(17)11-5-3-2-4-6-11;1-16-8-7-13(15-16)17-10-14-9-12(17)11-5-3-2-4-6-11;1-2-4-10(5-3-1)11-13-6-8-15(11)12-14-7-9-16-12;1-2-9(6-12-3-1)10-7-13-8-15(10)11-14-4-5-16-11;1-2-5-9(6-3-1)11-8-4-7-10-11;1-4(6)3-5(2)7;;;;/h2*2-9H,1H3;1-7,9H;1-7H;1-5,7-8H;3,6H,1-2H3;;;;/q5*-1;;;;;+2. The molecule has 456 valence electrons. The third kappa shape index (κ3) is 20.1. The Bertz CT molecular complexity index is 3950. The molecule has 0 amide bonds. The number of aliphatic hydroxyl groups excluding tert-OH is 1. The van der Waals surface area contributed by atoms with Crippen LogP contribution in [-0.2, 0) is 103 Å². The maximum Gasteiger partial charge on any atom is 2.00 e. The van der Waals surface area contributed by atoms with Crippen molar-refractivity contribution in [1.29, 1.82) is 0 Å². The van der Waals surface area contributed by atoms with E-state index in [0.29, 0.717) is 0 Å². The van der Waals surface area contributed by atoms with Crippen LogP contribution in [-0.4, -0.2) is 93.4 Å². The van der Waals surface area contributed by atoms with Gasteiger partial charge in [-0.05, 0) is 77.9 Å². The third-order valence-corrected chi connectivity index (χ3v) is 12.9. The number of ketones is 1. The van der Waals surface area contributed by atoms with Gasteiger partial charge in [0.15, 0.2) is 5.78 Å². The van der Waals surface area contributed by atoms with Gasteiger partial charge in [-0.25, -0.2) is 10.2 Å². The number of nitrogens with zero attached hydrogens (tertiary/aromatic N) is 17. The van der Waals surface area contributed by atoms with Crippen LogP contribution in [0.1, 0.15) is 13.8 Å². The number of aliphatic hydroxyl groups is 1. The van der Waals surface area contributed by atoms with Gasteiger partial charge in [0, 0.05) is 168 Å². The first kappa shape index (κ1) is 70.5. The van der Waals surface area contributed by atoms with Crippen molar-refractivity contribution in [2.24, 2.45) is 14.1 Å². The minimum Gasteiger partial charge on any atom is -0.512 e. The van der Waals surface area contributed by atoms with Crippen molar-refractivity contribution in [1.82, 2.24) is 82.5 Å². The van der Waals surface area contributed by atoms with Gasteiger partial charge in [-0.1, -0.05) is 139 Å². The molecule has 10 heterocycles. The summed E-state index contributed by atoms with van der Waals surface area (Å²) in [4.78, 5) is 39.3. The van der Waals surface area contributed by atoms with Crippen molar-refractivity contribution < 1.29 is 94.2 Å². The number of para-hydroxylation sites is 1. The molecule has 25 heteroatoms. The van der Waals surface area contributed by atoms with Gasteiger partial charge in [-0.2, -0.15) is 52.0 Å². The number of allylic oxidation sites excluding steroid dienone is 2.